The fourth-order valence-electron chi connectivity index (χ4n) is 2.55. The van der Waals surface area contributed by atoms with Crippen molar-refractivity contribution in [2.24, 2.45) is 11.5 Å². The summed E-state index contributed by atoms with van der Waals surface area (Å²) in [6.45, 7) is 0. The normalized spacial score (nSPS) is 10.4. The topological polar surface area (TPSA) is 113 Å². The quantitative estimate of drug-likeness (QED) is 0.438. The summed E-state index contributed by atoms with van der Waals surface area (Å²) in [6.07, 6.45) is 0. The molecule has 0 radical (unpaired) electrons. The Balaban J connectivity index is 2.38. The molecule has 3 aromatic rings. The van der Waals surface area contributed by atoms with Crippen LogP contribution in [0.15, 0.2) is 65.1 Å². The molecule has 0 bridgehead atoms. The zero-order valence-corrected chi connectivity index (χ0v) is 12.3. The number of furan rings is 1. The van der Waals surface area contributed by atoms with Gasteiger partial charge in [-0.2, -0.15) is 0 Å². The van der Waals surface area contributed by atoms with Crippen LogP contribution in [-0.2, 0) is 0 Å². The number of benzene rings is 2. The molecule has 0 amide bonds. The molecule has 0 aliphatic rings. The van der Waals surface area contributed by atoms with Crippen LogP contribution in [0.3, 0.4) is 0 Å². The number of rotatable bonds is 4. The minimum absolute atomic E-state index is 0.121. The average molecular weight is 304 g/mol. The molecule has 1 heterocycles. The molecule has 0 unspecified atom stereocenters. The molecule has 2 aromatic carbocycles. The fraction of sp³-hybridized carbons (Fsp3) is 0. The van der Waals surface area contributed by atoms with Crippen molar-refractivity contribution in [3.63, 3.8) is 0 Å². The van der Waals surface area contributed by atoms with E-state index >= 15 is 0 Å². The Morgan fingerprint density at radius 2 is 1.26 bits per heavy atom. The summed E-state index contributed by atoms with van der Waals surface area (Å²) >= 11 is 0. The maximum absolute atomic E-state index is 7.90. The third kappa shape index (κ3) is 2.60. The molecule has 5 heteroatoms. The van der Waals surface area contributed by atoms with Gasteiger partial charge in [0.25, 0.3) is 0 Å². The Kier molecular flexibility index (Phi) is 3.68. The summed E-state index contributed by atoms with van der Waals surface area (Å²) < 4.78 is 5.84. The van der Waals surface area contributed by atoms with E-state index in [4.69, 9.17) is 26.7 Å². The van der Waals surface area contributed by atoms with Gasteiger partial charge in [-0.1, -0.05) is 60.7 Å². The predicted octanol–water partition coefficient (Wildman–Crippen LogP) is 3.18. The lowest BCUT2D eigenvalue weighted by atomic mass is 9.96. The van der Waals surface area contributed by atoms with E-state index in [1.807, 2.05) is 60.7 Å². The molecule has 5 nitrogen and oxygen atoms in total. The number of nitrogens with one attached hydrogen (secondary N) is 2. The largest absolute Gasteiger partial charge is 0.451 e. The van der Waals surface area contributed by atoms with Crippen molar-refractivity contribution in [2.75, 3.05) is 0 Å². The monoisotopic (exact) mass is 304 g/mol. The molecule has 6 N–H and O–H groups in total. The second-order valence-electron chi connectivity index (χ2n) is 5.07. The van der Waals surface area contributed by atoms with E-state index in [0.717, 1.165) is 11.1 Å². The van der Waals surface area contributed by atoms with Crippen LogP contribution in [0, 0.1) is 10.8 Å². The van der Waals surface area contributed by atoms with Crippen molar-refractivity contribution in [3.8, 4) is 22.5 Å². The first-order chi connectivity index (χ1) is 11.1. The molecule has 0 spiro atoms. The van der Waals surface area contributed by atoms with Crippen molar-refractivity contribution in [1.82, 2.24) is 0 Å². The summed E-state index contributed by atoms with van der Waals surface area (Å²) in [5.74, 6) is 0.233. The predicted molar refractivity (Wildman–Crippen MR) is 91.6 cm³/mol. The lowest BCUT2D eigenvalue weighted by molar-refractivity contribution is 0.570. The lowest BCUT2D eigenvalue weighted by Crippen LogP contribution is -2.19. The van der Waals surface area contributed by atoms with Gasteiger partial charge in [0.15, 0.2) is 11.6 Å². The van der Waals surface area contributed by atoms with Crippen LogP contribution in [0.2, 0.25) is 0 Å². The van der Waals surface area contributed by atoms with Gasteiger partial charge in [0.2, 0.25) is 0 Å². The third-order valence-corrected chi connectivity index (χ3v) is 3.52. The van der Waals surface area contributed by atoms with Crippen LogP contribution in [0.4, 0.5) is 0 Å². The zero-order chi connectivity index (χ0) is 16.4. The number of hydrogen-bond acceptors (Lipinski definition) is 3. The van der Waals surface area contributed by atoms with Crippen LogP contribution >= 0.6 is 0 Å². The molecule has 0 aliphatic carbocycles. The second kappa shape index (κ2) is 5.81. The van der Waals surface area contributed by atoms with Gasteiger partial charge in [-0.05, 0) is 5.56 Å². The van der Waals surface area contributed by atoms with Crippen molar-refractivity contribution in [1.29, 1.82) is 10.8 Å². The molecule has 23 heavy (non-hydrogen) atoms. The Hall–Kier alpha value is -3.34. The van der Waals surface area contributed by atoms with Gasteiger partial charge >= 0.3 is 0 Å². The number of nitrogen functional groups attached to an aromatic ring is 2. The smallest absolute Gasteiger partial charge is 0.180 e. The summed E-state index contributed by atoms with van der Waals surface area (Å²) in [5, 5.41) is 15.6. The van der Waals surface area contributed by atoms with Gasteiger partial charge in [-0.15, -0.1) is 0 Å². The van der Waals surface area contributed by atoms with E-state index < -0.39 is 0 Å². The summed E-state index contributed by atoms with van der Waals surface area (Å²) in [4.78, 5) is 0. The first-order valence-electron chi connectivity index (χ1n) is 7.06. The molecule has 0 saturated carbocycles. The summed E-state index contributed by atoms with van der Waals surface area (Å²) in [7, 11) is 0. The first-order valence-corrected chi connectivity index (χ1v) is 7.06. The number of amidine groups is 2. The molecule has 0 fully saturated rings. The molecule has 0 saturated heterocycles. The second-order valence-corrected chi connectivity index (χ2v) is 5.07. The highest BCUT2D eigenvalue weighted by molar-refractivity contribution is 6.13. The van der Waals surface area contributed by atoms with E-state index in [1.165, 1.54) is 0 Å². The fourth-order valence-corrected chi connectivity index (χ4v) is 2.55. The Bertz CT molecular complexity index is 867. The van der Waals surface area contributed by atoms with Gasteiger partial charge in [0.1, 0.15) is 11.6 Å². The first kappa shape index (κ1) is 14.6. The highest BCUT2D eigenvalue weighted by Gasteiger charge is 2.25. The van der Waals surface area contributed by atoms with Crippen LogP contribution in [-0.4, -0.2) is 11.7 Å². The van der Waals surface area contributed by atoms with Crippen LogP contribution < -0.4 is 11.5 Å². The van der Waals surface area contributed by atoms with Crippen LogP contribution in [0.5, 0.6) is 0 Å². The maximum atomic E-state index is 7.90. The number of nitrogens with two attached hydrogens (primary N) is 2. The van der Waals surface area contributed by atoms with Gasteiger partial charge in [0.05, 0.1) is 5.56 Å². The van der Waals surface area contributed by atoms with Gasteiger partial charge < -0.3 is 15.9 Å². The number of hydrogen-bond donors (Lipinski definition) is 4. The van der Waals surface area contributed by atoms with Crippen molar-refractivity contribution >= 4 is 11.7 Å². The molecule has 3 rings (SSSR count). The highest BCUT2D eigenvalue weighted by atomic mass is 16.3. The Labute approximate surface area is 133 Å². The van der Waals surface area contributed by atoms with Crippen LogP contribution in [0.1, 0.15) is 11.3 Å². The van der Waals surface area contributed by atoms with Crippen LogP contribution in [0.25, 0.3) is 22.5 Å². The zero-order valence-electron chi connectivity index (χ0n) is 12.3. The average Bonchev–Trinajstić information content (AvgIpc) is 2.97. The minimum Gasteiger partial charge on any atom is -0.451 e. The molecular weight excluding hydrogens is 288 g/mol. The van der Waals surface area contributed by atoms with Gasteiger partial charge in [-0.25, -0.2) is 0 Å². The Morgan fingerprint density at radius 3 is 1.74 bits per heavy atom. The van der Waals surface area contributed by atoms with Crippen molar-refractivity contribution in [3.05, 3.63) is 72.0 Å². The molecule has 114 valence electrons. The van der Waals surface area contributed by atoms with Gasteiger partial charge in [0, 0.05) is 11.1 Å². The molecule has 0 atom stereocenters. The molecular formula is C18H16N4O. The van der Waals surface area contributed by atoms with E-state index in [-0.39, 0.29) is 17.4 Å². The van der Waals surface area contributed by atoms with E-state index in [0.29, 0.717) is 16.9 Å². The highest BCUT2D eigenvalue weighted by Crippen LogP contribution is 2.38. The van der Waals surface area contributed by atoms with Crippen molar-refractivity contribution < 1.29 is 4.42 Å². The maximum Gasteiger partial charge on any atom is 0.180 e. The molecule has 0 aliphatic heterocycles. The summed E-state index contributed by atoms with van der Waals surface area (Å²) in [6, 6.07) is 19.0. The van der Waals surface area contributed by atoms with E-state index in [1.54, 1.807) is 0 Å². The van der Waals surface area contributed by atoms with Crippen molar-refractivity contribution in [2.45, 2.75) is 0 Å². The summed E-state index contributed by atoms with van der Waals surface area (Å²) in [5.41, 5.74) is 14.1. The van der Waals surface area contributed by atoms with E-state index in [9.17, 15) is 0 Å². The standard InChI is InChI=1S/C18H16N4O/c19-17(20)14-13(11-7-3-1-4-8-11)15(23-16(14)18(21)22)12-9-5-2-6-10-12/h1-10H,(H3,19,20)(H3,21,22). The van der Waals surface area contributed by atoms with Gasteiger partial charge in [-0.3, -0.25) is 10.8 Å². The lowest BCUT2D eigenvalue weighted by Gasteiger charge is -2.06. The SMILES string of the molecule is N=C(N)c1oc(-c2ccccc2)c(-c2ccccc2)c1C(=N)N. The minimum atomic E-state index is -0.255. The van der Waals surface area contributed by atoms with E-state index in [2.05, 4.69) is 0 Å². The third-order valence-electron chi connectivity index (χ3n) is 3.52. The molecule has 1 aromatic heterocycles. The Morgan fingerprint density at radius 1 is 0.739 bits per heavy atom.